The van der Waals surface area contributed by atoms with Crippen LogP contribution < -0.4 is 5.32 Å². The average molecular weight is 367 g/mol. The standard InChI is InChI=1S/C22H30N4O/c1-25(2)17-19-6-8-20(9-7-19)21-5-3-4-16-26(21)22(27)24-15-12-18-10-13-23-14-11-18/h6-11,13-14,21H,3-5,12,15-17H2,1-2H3,(H,24,27)/t21-/m0/s1. The second-order valence-electron chi connectivity index (χ2n) is 7.52. The first kappa shape index (κ1) is 19.4. The van der Waals surface area contributed by atoms with Crippen molar-refractivity contribution >= 4 is 6.03 Å². The Morgan fingerprint density at radius 2 is 1.85 bits per heavy atom. The number of carbonyl (C=O) groups is 1. The van der Waals surface area contributed by atoms with Crippen molar-refractivity contribution in [3.63, 3.8) is 0 Å². The Bertz CT molecular complexity index is 715. The van der Waals surface area contributed by atoms with E-state index in [4.69, 9.17) is 0 Å². The third-order valence-electron chi connectivity index (χ3n) is 5.07. The van der Waals surface area contributed by atoms with Crippen molar-refractivity contribution in [2.75, 3.05) is 27.2 Å². The molecular formula is C22H30N4O. The van der Waals surface area contributed by atoms with E-state index in [-0.39, 0.29) is 12.1 Å². The van der Waals surface area contributed by atoms with Gasteiger partial charge in [-0.1, -0.05) is 24.3 Å². The van der Waals surface area contributed by atoms with Crippen LogP contribution in [0.25, 0.3) is 0 Å². The second kappa shape index (κ2) is 9.51. The van der Waals surface area contributed by atoms with Crippen LogP contribution in [0.1, 0.15) is 42.0 Å². The Kier molecular flexibility index (Phi) is 6.82. The first-order valence-corrected chi connectivity index (χ1v) is 9.80. The Labute approximate surface area is 162 Å². The smallest absolute Gasteiger partial charge is 0.317 e. The zero-order chi connectivity index (χ0) is 19.1. The number of likely N-dealkylation sites (tertiary alicyclic amines) is 1. The third-order valence-corrected chi connectivity index (χ3v) is 5.07. The predicted octanol–water partition coefficient (Wildman–Crippen LogP) is 3.62. The number of aromatic nitrogens is 1. The van der Waals surface area contributed by atoms with Gasteiger partial charge in [0.1, 0.15) is 0 Å². The lowest BCUT2D eigenvalue weighted by Crippen LogP contribution is -2.45. The van der Waals surface area contributed by atoms with Crippen molar-refractivity contribution in [3.8, 4) is 0 Å². The van der Waals surface area contributed by atoms with E-state index in [2.05, 4.69) is 53.6 Å². The van der Waals surface area contributed by atoms with Gasteiger partial charge >= 0.3 is 6.03 Å². The van der Waals surface area contributed by atoms with Crippen LogP contribution in [0.3, 0.4) is 0 Å². The van der Waals surface area contributed by atoms with Crippen molar-refractivity contribution in [1.82, 2.24) is 20.1 Å². The number of pyridine rings is 1. The van der Waals surface area contributed by atoms with Crippen LogP contribution in [0.15, 0.2) is 48.8 Å². The van der Waals surface area contributed by atoms with Crippen LogP contribution >= 0.6 is 0 Å². The fourth-order valence-electron chi connectivity index (χ4n) is 3.70. The van der Waals surface area contributed by atoms with Gasteiger partial charge in [-0.05, 0) is 68.6 Å². The molecule has 1 aromatic heterocycles. The molecule has 2 aromatic rings. The van der Waals surface area contributed by atoms with E-state index >= 15 is 0 Å². The number of hydrogen-bond acceptors (Lipinski definition) is 3. The Hall–Kier alpha value is -2.40. The van der Waals surface area contributed by atoms with Crippen molar-refractivity contribution < 1.29 is 4.79 Å². The highest BCUT2D eigenvalue weighted by atomic mass is 16.2. The molecule has 1 N–H and O–H groups in total. The molecular weight excluding hydrogens is 336 g/mol. The molecule has 1 atom stereocenters. The van der Waals surface area contributed by atoms with Crippen LogP contribution in [0.4, 0.5) is 4.79 Å². The van der Waals surface area contributed by atoms with Crippen molar-refractivity contribution in [1.29, 1.82) is 0 Å². The summed E-state index contributed by atoms with van der Waals surface area (Å²) in [6.45, 7) is 2.41. The SMILES string of the molecule is CN(C)Cc1ccc([C@@H]2CCCCN2C(=O)NCCc2ccncc2)cc1. The number of carbonyl (C=O) groups excluding carboxylic acids is 1. The van der Waals surface area contributed by atoms with Gasteiger partial charge in [0.2, 0.25) is 0 Å². The summed E-state index contributed by atoms with van der Waals surface area (Å²) >= 11 is 0. The first-order chi connectivity index (χ1) is 13.1. The van der Waals surface area contributed by atoms with E-state index in [1.165, 1.54) is 23.1 Å². The van der Waals surface area contributed by atoms with Crippen LogP contribution in [-0.4, -0.2) is 48.0 Å². The molecule has 0 aliphatic carbocycles. The predicted molar refractivity (Wildman–Crippen MR) is 108 cm³/mol. The van der Waals surface area contributed by atoms with Gasteiger partial charge in [-0.25, -0.2) is 4.79 Å². The number of nitrogens with zero attached hydrogens (tertiary/aromatic N) is 3. The van der Waals surface area contributed by atoms with E-state index in [0.717, 1.165) is 32.4 Å². The van der Waals surface area contributed by atoms with Gasteiger partial charge in [-0.3, -0.25) is 4.98 Å². The number of hydrogen-bond donors (Lipinski definition) is 1. The molecule has 0 unspecified atom stereocenters. The molecule has 1 saturated heterocycles. The van der Waals surface area contributed by atoms with Crippen LogP contribution in [0.5, 0.6) is 0 Å². The highest BCUT2D eigenvalue weighted by Gasteiger charge is 2.27. The molecule has 0 spiro atoms. The number of piperidine rings is 1. The van der Waals surface area contributed by atoms with Gasteiger partial charge in [0.15, 0.2) is 0 Å². The maximum absolute atomic E-state index is 12.8. The zero-order valence-electron chi connectivity index (χ0n) is 16.4. The fourth-order valence-corrected chi connectivity index (χ4v) is 3.70. The molecule has 0 bridgehead atoms. The highest BCUT2D eigenvalue weighted by Crippen LogP contribution is 2.31. The highest BCUT2D eigenvalue weighted by molar-refractivity contribution is 5.75. The summed E-state index contributed by atoms with van der Waals surface area (Å²) < 4.78 is 0. The molecule has 0 saturated carbocycles. The first-order valence-electron chi connectivity index (χ1n) is 9.80. The lowest BCUT2D eigenvalue weighted by atomic mass is 9.95. The quantitative estimate of drug-likeness (QED) is 0.849. The average Bonchev–Trinajstić information content (AvgIpc) is 2.69. The van der Waals surface area contributed by atoms with Gasteiger partial charge in [-0.2, -0.15) is 0 Å². The van der Waals surface area contributed by atoms with Gasteiger partial charge in [-0.15, -0.1) is 0 Å². The summed E-state index contributed by atoms with van der Waals surface area (Å²) in [6, 6.07) is 12.9. The van der Waals surface area contributed by atoms with Crippen LogP contribution in [-0.2, 0) is 13.0 Å². The lowest BCUT2D eigenvalue weighted by molar-refractivity contribution is 0.151. The molecule has 27 heavy (non-hydrogen) atoms. The molecule has 2 amide bonds. The van der Waals surface area contributed by atoms with Gasteiger partial charge in [0.05, 0.1) is 6.04 Å². The van der Waals surface area contributed by atoms with Gasteiger partial charge < -0.3 is 15.1 Å². The molecule has 2 heterocycles. The molecule has 1 aliphatic rings. The van der Waals surface area contributed by atoms with E-state index < -0.39 is 0 Å². The minimum atomic E-state index is 0.0473. The minimum absolute atomic E-state index is 0.0473. The molecule has 0 radical (unpaired) electrons. The summed E-state index contributed by atoms with van der Waals surface area (Å²) in [5.41, 5.74) is 3.73. The maximum Gasteiger partial charge on any atom is 0.317 e. The van der Waals surface area contributed by atoms with E-state index in [1.807, 2.05) is 17.0 Å². The van der Waals surface area contributed by atoms with Gasteiger partial charge in [0.25, 0.3) is 0 Å². The molecule has 1 fully saturated rings. The molecule has 3 rings (SSSR count). The number of nitrogens with one attached hydrogen (secondary N) is 1. The second-order valence-corrected chi connectivity index (χ2v) is 7.52. The molecule has 1 aliphatic heterocycles. The summed E-state index contributed by atoms with van der Waals surface area (Å²) in [4.78, 5) is 21.0. The Morgan fingerprint density at radius 3 is 2.56 bits per heavy atom. The lowest BCUT2D eigenvalue weighted by Gasteiger charge is -2.36. The Morgan fingerprint density at radius 1 is 1.11 bits per heavy atom. The van der Waals surface area contributed by atoms with Crippen molar-refractivity contribution in [2.24, 2.45) is 0 Å². The van der Waals surface area contributed by atoms with Crippen LogP contribution in [0.2, 0.25) is 0 Å². The fraction of sp³-hybridized carbons (Fsp3) is 0.455. The zero-order valence-corrected chi connectivity index (χ0v) is 16.4. The molecule has 144 valence electrons. The number of rotatable bonds is 6. The normalized spacial score (nSPS) is 17.1. The largest absolute Gasteiger partial charge is 0.338 e. The van der Waals surface area contributed by atoms with E-state index in [9.17, 15) is 4.79 Å². The summed E-state index contributed by atoms with van der Waals surface area (Å²) in [5, 5.41) is 3.10. The van der Waals surface area contributed by atoms with Crippen molar-refractivity contribution in [2.45, 2.75) is 38.3 Å². The Balaban J connectivity index is 1.59. The number of benzene rings is 1. The summed E-state index contributed by atoms with van der Waals surface area (Å²) in [5.74, 6) is 0. The molecule has 1 aromatic carbocycles. The molecule has 5 nitrogen and oxygen atoms in total. The number of urea groups is 1. The number of amides is 2. The minimum Gasteiger partial charge on any atom is -0.338 e. The van der Waals surface area contributed by atoms with Crippen LogP contribution in [0, 0.1) is 0 Å². The molecule has 5 heteroatoms. The summed E-state index contributed by atoms with van der Waals surface area (Å²) in [7, 11) is 4.15. The third kappa shape index (κ3) is 5.54. The van der Waals surface area contributed by atoms with E-state index in [1.54, 1.807) is 12.4 Å². The van der Waals surface area contributed by atoms with Crippen molar-refractivity contribution in [3.05, 3.63) is 65.5 Å². The van der Waals surface area contributed by atoms with E-state index in [0.29, 0.717) is 6.54 Å². The monoisotopic (exact) mass is 366 g/mol. The van der Waals surface area contributed by atoms with Gasteiger partial charge in [0, 0.05) is 32.0 Å². The summed E-state index contributed by atoms with van der Waals surface area (Å²) in [6.07, 6.45) is 7.68. The topological polar surface area (TPSA) is 48.5 Å². The maximum atomic E-state index is 12.8.